The van der Waals surface area contributed by atoms with Crippen LogP contribution in [0.15, 0.2) is 18.2 Å². The van der Waals surface area contributed by atoms with Crippen molar-refractivity contribution in [1.29, 1.82) is 0 Å². The average molecular weight is 294 g/mol. The van der Waals surface area contributed by atoms with E-state index in [2.05, 4.69) is 19.2 Å². The van der Waals surface area contributed by atoms with Crippen molar-refractivity contribution < 1.29 is 13.9 Å². The van der Waals surface area contributed by atoms with E-state index in [-0.39, 0.29) is 24.3 Å². The highest BCUT2D eigenvalue weighted by atomic mass is 19.1. The van der Waals surface area contributed by atoms with E-state index in [1.165, 1.54) is 24.6 Å². The van der Waals surface area contributed by atoms with Crippen LogP contribution in [0.3, 0.4) is 0 Å². The Hall–Kier alpha value is -1.62. The standard InChI is InChI=1S/C16H23FN2O2/c1-10-5-11(2)7-13(6-10)21-9-16(20)19-15-8-12(17)3-4-14(15)18/h3-4,8,10-11,13H,5-7,9,18H2,1-2H3,(H,19,20). The first-order valence-corrected chi connectivity index (χ1v) is 7.40. The molecular formula is C16H23FN2O2. The van der Waals surface area contributed by atoms with Gasteiger partial charge in [-0.05, 0) is 49.3 Å². The van der Waals surface area contributed by atoms with Gasteiger partial charge in [0.25, 0.3) is 0 Å². The molecule has 0 heterocycles. The predicted octanol–water partition coefficient (Wildman–Crippen LogP) is 3.19. The lowest BCUT2D eigenvalue weighted by atomic mass is 9.82. The number of anilines is 2. The van der Waals surface area contributed by atoms with E-state index in [1.807, 2.05) is 0 Å². The van der Waals surface area contributed by atoms with E-state index in [4.69, 9.17) is 10.5 Å². The highest BCUT2D eigenvalue weighted by molar-refractivity contribution is 5.94. The van der Waals surface area contributed by atoms with E-state index >= 15 is 0 Å². The van der Waals surface area contributed by atoms with E-state index in [1.54, 1.807) is 0 Å². The summed E-state index contributed by atoms with van der Waals surface area (Å²) in [6, 6.07) is 3.89. The Labute approximate surface area is 124 Å². The smallest absolute Gasteiger partial charge is 0.250 e. The van der Waals surface area contributed by atoms with Crippen LogP contribution in [0.2, 0.25) is 0 Å². The molecule has 2 unspecified atom stereocenters. The summed E-state index contributed by atoms with van der Waals surface area (Å²) in [4.78, 5) is 11.9. The lowest BCUT2D eigenvalue weighted by Gasteiger charge is -2.31. The molecule has 0 saturated heterocycles. The third-order valence-electron chi connectivity index (χ3n) is 3.87. The van der Waals surface area contributed by atoms with Gasteiger partial charge in [-0.3, -0.25) is 4.79 Å². The van der Waals surface area contributed by atoms with Gasteiger partial charge in [0.05, 0.1) is 17.5 Å². The number of amides is 1. The minimum Gasteiger partial charge on any atom is -0.397 e. The average Bonchev–Trinajstić information content (AvgIpc) is 2.40. The number of halogens is 1. The minimum absolute atomic E-state index is 0.0277. The molecular weight excluding hydrogens is 271 g/mol. The summed E-state index contributed by atoms with van der Waals surface area (Å²) in [6.45, 7) is 4.39. The zero-order chi connectivity index (χ0) is 15.4. The van der Waals surface area contributed by atoms with Gasteiger partial charge in [-0.25, -0.2) is 4.39 Å². The normalized spacial score (nSPS) is 25.6. The van der Waals surface area contributed by atoms with Crippen LogP contribution in [0.25, 0.3) is 0 Å². The van der Waals surface area contributed by atoms with E-state index < -0.39 is 5.82 Å². The van der Waals surface area contributed by atoms with Crippen molar-refractivity contribution in [1.82, 2.24) is 0 Å². The van der Waals surface area contributed by atoms with Crippen LogP contribution in [0.5, 0.6) is 0 Å². The molecule has 1 saturated carbocycles. The van der Waals surface area contributed by atoms with Gasteiger partial charge in [-0.2, -0.15) is 0 Å². The van der Waals surface area contributed by atoms with E-state index in [0.29, 0.717) is 17.5 Å². The van der Waals surface area contributed by atoms with Gasteiger partial charge < -0.3 is 15.8 Å². The zero-order valence-corrected chi connectivity index (χ0v) is 12.6. The van der Waals surface area contributed by atoms with Crippen molar-refractivity contribution in [2.45, 2.75) is 39.2 Å². The molecule has 2 rings (SSSR count). The number of hydrogen-bond donors (Lipinski definition) is 2. The summed E-state index contributed by atoms with van der Waals surface area (Å²) in [5.74, 6) is 0.509. The Kier molecular flexibility index (Phi) is 5.17. The molecule has 0 aliphatic heterocycles. The Morgan fingerprint density at radius 1 is 1.33 bits per heavy atom. The number of hydrogen-bond acceptors (Lipinski definition) is 3. The maximum Gasteiger partial charge on any atom is 0.250 e. The predicted molar refractivity (Wildman–Crippen MR) is 81.4 cm³/mol. The third-order valence-corrected chi connectivity index (χ3v) is 3.87. The first-order valence-electron chi connectivity index (χ1n) is 7.40. The highest BCUT2D eigenvalue weighted by Gasteiger charge is 2.25. The molecule has 3 N–H and O–H groups in total. The van der Waals surface area contributed by atoms with E-state index in [0.717, 1.165) is 12.8 Å². The molecule has 0 spiro atoms. The fourth-order valence-electron chi connectivity index (χ4n) is 3.03. The molecule has 1 aromatic rings. The second kappa shape index (κ2) is 6.89. The maximum atomic E-state index is 13.1. The summed E-state index contributed by atoms with van der Waals surface area (Å²) in [6.07, 6.45) is 3.31. The second-order valence-electron chi connectivity index (χ2n) is 6.13. The Bertz CT molecular complexity index is 497. The number of rotatable bonds is 4. The largest absolute Gasteiger partial charge is 0.397 e. The molecule has 2 atom stereocenters. The minimum atomic E-state index is -0.435. The number of carbonyl (C=O) groups excluding carboxylic acids is 1. The van der Waals surface area contributed by atoms with Gasteiger partial charge in [0.2, 0.25) is 5.91 Å². The van der Waals surface area contributed by atoms with Crippen molar-refractivity contribution >= 4 is 17.3 Å². The quantitative estimate of drug-likeness (QED) is 0.838. The summed E-state index contributed by atoms with van der Waals surface area (Å²) in [5.41, 5.74) is 6.31. The van der Waals surface area contributed by atoms with Crippen LogP contribution in [-0.2, 0) is 9.53 Å². The monoisotopic (exact) mass is 294 g/mol. The molecule has 1 aliphatic rings. The molecule has 0 radical (unpaired) electrons. The van der Waals surface area contributed by atoms with Crippen molar-refractivity contribution in [2.24, 2.45) is 11.8 Å². The van der Waals surface area contributed by atoms with Crippen LogP contribution < -0.4 is 11.1 Å². The maximum absolute atomic E-state index is 13.1. The van der Waals surface area contributed by atoms with Crippen LogP contribution in [0, 0.1) is 17.7 Å². The number of benzene rings is 1. The molecule has 1 amide bonds. The van der Waals surface area contributed by atoms with Crippen molar-refractivity contribution in [3.63, 3.8) is 0 Å². The molecule has 0 bridgehead atoms. The van der Waals surface area contributed by atoms with Gasteiger partial charge in [0.15, 0.2) is 0 Å². The number of ether oxygens (including phenoxy) is 1. The SMILES string of the molecule is CC1CC(C)CC(OCC(=O)Nc2cc(F)ccc2N)C1. The first kappa shape index (κ1) is 15.8. The Balaban J connectivity index is 1.83. The lowest BCUT2D eigenvalue weighted by Crippen LogP contribution is -2.29. The highest BCUT2D eigenvalue weighted by Crippen LogP contribution is 2.30. The van der Waals surface area contributed by atoms with Gasteiger partial charge in [-0.1, -0.05) is 13.8 Å². The summed E-state index contributed by atoms with van der Waals surface area (Å²) in [7, 11) is 0. The van der Waals surface area contributed by atoms with Crippen molar-refractivity contribution in [3.8, 4) is 0 Å². The Morgan fingerprint density at radius 2 is 2.00 bits per heavy atom. The van der Waals surface area contributed by atoms with Gasteiger partial charge in [-0.15, -0.1) is 0 Å². The Morgan fingerprint density at radius 3 is 2.67 bits per heavy atom. The molecule has 1 fully saturated rings. The summed E-state index contributed by atoms with van der Waals surface area (Å²) >= 11 is 0. The van der Waals surface area contributed by atoms with Crippen LogP contribution in [0.4, 0.5) is 15.8 Å². The summed E-state index contributed by atoms with van der Waals surface area (Å²) < 4.78 is 18.8. The number of nitrogen functional groups attached to an aromatic ring is 1. The molecule has 4 nitrogen and oxygen atoms in total. The second-order valence-corrected chi connectivity index (χ2v) is 6.13. The molecule has 0 aromatic heterocycles. The van der Waals surface area contributed by atoms with Gasteiger partial charge in [0.1, 0.15) is 12.4 Å². The topological polar surface area (TPSA) is 64.3 Å². The zero-order valence-electron chi connectivity index (χ0n) is 12.6. The number of nitrogens with one attached hydrogen (secondary N) is 1. The molecule has 1 aromatic carbocycles. The van der Waals surface area contributed by atoms with Gasteiger partial charge in [0, 0.05) is 0 Å². The number of nitrogens with two attached hydrogens (primary N) is 1. The molecule has 21 heavy (non-hydrogen) atoms. The third kappa shape index (κ3) is 4.70. The fraction of sp³-hybridized carbons (Fsp3) is 0.562. The number of carbonyl (C=O) groups is 1. The summed E-state index contributed by atoms with van der Waals surface area (Å²) in [5, 5.41) is 2.58. The van der Waals surface area contributed by atoms with Crippen LogP contribution in [0.1, 0.15) is 33.1 Å². The van der Waals surface area contributed by atoms with Crippen molar-refractivity contribution in [2.75, 3.05) is 17.7 Å². The van der Waals surface area contributed by atoms with Gasteiger partial charge >= 0.3 is 0 Å². The lowest BCUT2D eigenvalue weighted by molar-refractivity contribution is -0.124. The van der Waals surface area contributed by atoms with Crippen LogP contribution >= 0.6 is 0 Å². The van der Waals surface area contributed by atoms with Crippen molar-refractivity contribution in [3.05, 3.63) is 24.0 Å². The molecule has 1 aliphatic carbocycles. The molecule has 5 heteroatoms. The fourth-order valence-corrected chi connectivity index (χ4v) is 3.03. The first-order chi connectivity index (χ1) is 9.94. The molecule has 116 valence electrons. The van der Waals surface area contributed by atoms with E-state index in [9.17, 15) is 9.18 Å². The van der Waals surface area contributed by atoms with Crippen LogP contribution in [-0.4, -0.2) is 18.6 Å².